The quantitative estimate of drug-likeness (QED) is 0.472. The van der Waals surface area contributed by atoms with Crippen LogP contribution in [0.25, 0.3) is 0 Å². The molecule has 3 rings (SSSR count). The zero-order valence-corrected chi connectivity index (χ0v) is 15.1. The molecule has 5 atom stereocenters. The van der Waals surface area contributed by atoms with E-state index in [0.29, 0.717) is 16.9 Å². The number of carbonyl (C=O) groups excluding carboxylic acids is 1. The van der Waals surface area contributed by atoms with Crippen LogP contribution in [0.5, 0.6) is 0 Å². The van der Waals surface area contributed by atoms with Crippen LogP contribution < -0.4 is 0 Å². The molecule has 2 saturated carbocycles. The van der Waals surface area contributed by atoms with Crippen molar-refractivity contribution < 1.29 is 19.7 Å². The predicted octanol–water partition coefficient (Wildman–Crippen LogP) is 3.95. The number of fused-ring (bicyclic) bond motifs is 1. The molecule has 2 fully saturated rings. The molecule has 1 heterocycles. The van der Waals surface area contributed by atoms with Crippen LogP contribution in [0.2, 0.25) is 0 Å². The summed E-state index contributed by atoms with van der Waals surface area (Å²) >= 11 is 0. The van der Waals surface area contributed by atoms with E-state index in [0.717, 1.165) is 19.1 Å². The van der Waals surface area contributed by atoms with Crippen LogP contribution in [-0.4, -0.2) is 23.8 Å². The number of aliphatic hydroxyl groups is 1. The molecule has 134 valence electrons. The van der Waals surface area contributed by atoms with Crippen LogP contribution in [0.4, 0.5) is 0 Å². The Morgan fingerprint density at radius 3 is 2.75 bits per heavy atom. The van der Waals surface area contributed by atoms with Crippen molar-refractivity contribution in [2.24, 2.45) is 22.7 Å². The van der Waals surface area contributed by atoms with E-state index in [1.54, 1.807) is 0 Å². The summed E-state index contributed by atoms with van der Waals surface area (Å²) in [5.41, 5.74) is 2.09. The second-order valence-electron chi connectivity index (χ2n) is 8.75. The lowest BCUT2D eigenvalue weighted by Crippen LogP contribution is -2.52. The molecule has 1 N–H and O–H groups in total. The summed E-state index contributed by atoms with van der Waals surface area (Å²) in [4.78, 5) is 22.0. The average molecular weight is 334 g/mol. The standard InChI is InChI=1S/C20H30O4/c1-13-6-7-16-19(2,3)8-5-9-20(16,4)18(13)15-10-14(12-21)11-17(22)24-23-15/h10,12,15-18,22H,1,5-9,11H2,2-4H3. The van der Waals surface area contributed by atoms with Gasteiger partial charge in [-0.05, 0) is 54.1 Å². The van der Waals surface area contributed by atoms with E-state index in [9.17, 15) is 9.90 Å². The Kier molecular flexibility index (Phi) is 4.75. The molecule has 0 radical (unpaired) electrons. The highest BCUT2D eigenvalue weighted by Crippen LogP contribution is 2.62. The molecule has 5 unspecified atom stereocenters. The van der Waals surface area contributed by atoms with Gasteiger partial charge in [-0.15, -0.1) is 0 Å². The van der Waals surface area contributed by atoms with Gasteiger partial charge in [0.15, 0.2) is 6.29 Å². The Balaban J connectivity index is 1.97. The van der Waals surface area contributed by atoms with E-state index < -0.39 is 6.29 Å². The van der Waals surface area contributed by atoms with Gasteiger partial charge in [0.05, 0.1) is 0 Å². The van der Waals surface area contributed by atoms with Crippen molar-refractivity contribution in [3.05, 3.63) is 23.8 Å². The molecule has 0 bridgehead atoms. The SMILES string of the molecule is C=C1CCC2C(C)(C)CCCC2(C)C1C1C=C(C=O)CC(O)OO1. The van der Waals surface area contributed by atoms with Crippen LogP contribution in [0, 0.1) is 22.7 Å². The Labute approximate surface area is 144 Å². The third-order valence-corrected chi connectivity index (χ3v) is 6.73. The lowest BCUT2D eigenvalue weighted by atomic mass is 9.47. The first-order chi connectivity index (χ1) is 11.3. The Hall–Kier alpha value is -0.970. The van der Waals surface area contributed by atoms with E-state index in [2.05, 4.69) is 27.4 Å². The summed E-state index contributed by atoms with van der Waals surface area (Å²) in [5, 5.41) is 9.78. The summed E-state index contributed by atoms with van der Waals surface area (Å²) in [6, 6.07) is 0. The molecular formula is C20H30O4. The average Bonchev–Trinajstić information content (AvgIpc) is 2.67. The van der Waals surface area contributed by atoms with Crippen LogP contribution in [-0.2, 0) is 14.6 Å². The van der Waals surface area contributed by atoms with E-state index in [1.165, 1.54) is 24.8 Å². The first-order valence-electron chi connectivity index (χ1n) is 9.11. The smallest absolute Gasteiger partial charge is 0.192 e. The van der Waals surface area contributed by atoms with Gasteiger partial charge < -0.3 is 5.11 Å². The Morgan fingerprint density at radius 2 is 2.04 bits per heavy atom. The fourth-order valence-corrected chi connectivity index (χ4v) is 5.73. The monoisotopic (exact) mass is 334 g/mol. The van der Waals surface area contributed by atoms with Gasteiger partial charge in [-0.25, -0.2) is 9.78 Å². The summed E-state index contributed by atoms with van der Waals surface area (Å²) in [7, 11) is 0. The van der Waals surface area contributed by atoms with Gasteiger partial charge in [0, 0.05) is 12.3 Å². The first-order valence-corrected chi connectivity index (χ1v) is 9.11. The zero-order chi connectivity index (χ0) is 17.5. The lowest BCUT2D eigenvalue weighted by Gasteiger charge is -2.58. The normalized spacial score (nSPS) is 42.7. The maximum absolute atomic E-state index is 11.3. The molecule has 3 aliphatic rings. The fraction of sp³-hybridized carbons (Fsp3) is 0.750. The number of rotatable bonds is 2. The Bertz CT molecular complexity index is 550. The second-order valence-corrected chi connectivity index (χ2v) is 8.75. The van der Waals surface area contributed by atoms with Gasteiger partial charge in [-0.3, -0.25) is 4.79 Å². The minimum absolute atomic E-state index is 0.0743. The van der Waals surface area contributed by atoms with Crippen molar-refractivity contribution >= 4 is 6.29 Å². The third kappa shape index (κ3) is 3.00. The molecule has 0 saturated heterocycles. The van der Waals surface area contributed by atoms with Crippen molar-refractivity contribution in [3.8, 4) is 0 Å². The van der Waals surface area contributed by atoms with E-state index in [4.69, 9.17) is 9.78 Å². The number of hydrogen-bond donors (Lipinski definition) is 1. The van der Waals surface area contributed by atoms with Crippen LogP contribution in [0.15, 0.2) is 23.8 Å². The highest BCUT2D eigenvalue weighted by atomic mass is 17.2. The van der Waals surface area contributed by atoms with Gasteiger partial charge in [0.2, 0.25) is 0 Å². The topological polar surface area (TPSA) is 55.8 Å². The molecule has 0 spiro atoms. The summed E-state index contributed by atoms with van der Waals surface area (Å²) in [6.07, 6.45) is 7.10. The number of carbonyl (C=O) groups is 1. The first kappa shape index (κ1) is 17.8. The largest absolute Gasteiger partial charge is 0.365 e. The van der Waals surface area contributed by atoms with E-state index in [-0.39, 0.29) is 23.9 Å². The Morgan fingerprint density at radius 1 is 1.29 bits per heavy atom. The molecular weight excluding hydrogens is 304 g/mol. The van der Waals surface area contributed by atoms with E-state index >= 15 is 0 Å². The predicted molar refractivity (Wildman–Crippen MR) is 91.8 cm³/mol. The van der Waals surface area contributed by atoms with Gasteiger partial charge >= 0.3 is 0 Å². The fourth-order valence-electron chi connectivity index (χ4n) is 5.73. The number of aldehydes is 1. The van der Waals surface area contributed by atoms with Gasteiger partial charge in [0.25, 0.3) is 0 Å². The van der Waals surface area contributed by atoms with Crippen molar-refractivity contribution in [1.82, 2.24) is 0 Å². The second kappa shape index (κ2) is 6.40. The molecule has 4 heteroatoms. The third-order valence-electron chi connectivity index (χ3n) is 6.73. The maximum Gasteiger partial charge on any atom is 0.192 e. The van der Waals surface area contributed by atoms with Gasteiger partial charge in [-0.2, -0.15) is 0 Å². The lowest BCUT2D eigenvalue weighted by molar-refractivity contribution is -0.389. The van der Waals surface area contributed by atoms with Crippen molar-refractivity contribution in [3.63, 3.8) is 0 Å². The highest BCUT2D eigenvalue weighted by molar-refractivity contribution is 5.73. The van der Waals surface area contributed by atoms with Crippen LogP contribution >= 0.6 is 0 Å². The van der Waals surface area contributed by atoms with Crippen LogP contribution in [0.3, 0.4) is 0 Å². The molecule has 0 amide bonds. The minimum atomic E-state index is -1.09. The molecule has 0 aromatic carbocycles. The minimum Gasteiger partial charge on any atom is -0.365 e. The number of aliphatic hydroxyl groups excluding tert-OH is 1. The molecule has 0 aromatic rings. The summed E-state index contributed by atoms with van der Waals surface area (Å²) in [5.74, 6) is 0.704. The zero-order valence-electron chi connectivity index (χ0n) is 15.1. The summed E-state index contributed by atoms with van der Waals surface area (Å²) in [6.45, 7) is 11.4. The van der Waals surface area contributed by atoms with E-state index in [1.807, 2.05) is 6.08 Å². The van der Waals surface area contributed by atoms with Crippen molar-refractivity contribution in [1.29, 1.82) is 0 Å². The molecule has 1 aliphatic heterocycles. The van der Waals surface area contributed by atoms with Gasteiger partial charge in [0.1, 0.15) is 12.4 Å². The maximum atomic E-state index is 11.3. The summed E-state index contributed by atoms with van der Waals surface area (Å²) < 4.78 is 0. The van der Waals surface area contributed by atoms with Crippen molar-refractivity contribution in [2.75, 3.05) is 0 Å². The van der Waals surface area contributed by atoms with Crippen molar-refractivity contribution in [2.45, 2.75) is 71.7 Å². The van der Waals surface area contributed by atoms with Crippen LogP contribution in [0.1, 0.15) is 59.3 Å². The van der Waals surface area contributed by atoms with Gasteiger partial charge in [-0.1, -0.05) is 39.3 Å². The molecule has 2 aliphatic carbocycles. The number of hydrogen-bond acceptors (Lipinski definition) is 4. The molecule has 0 aromatic heterocycles. The molecule has 24 heavy (non-hydrogen) atoms. The highest BCUT2D eigenvalue weighted by Gasteiger charge is 2.55. The molecule has 4 nitrogen and oxygen atoms in total.